The summed E-state index contributed by atoms with van der Waals surface area (Å²) in [6.07, 6.45) is 5.07. The number of nitrogens with one attached hydrogen (secondary N) is 1. The van der Waals surface area contributed by atoms with E-state index >= 15 is 0 Å². The van der Waals surface area contributed by atoms with Crippen LogP contribution in [0, 0.1) is 5.41 Å². The second-order valence-electron chi connectivity index (χ2n) is 6.12. The Hall–Kier alpha value is -0.140. The number of hydrogen-bond acceptors (Lipinski definition) is 4. The molecule has 2 aliphatic rings. The summed E-state index contributed by atoms with van der Waals surface area (Å²) >= 11 is 7.34. The van der Waals surface area contributed by atoms with E-state index in [1.54, 1.807) is 0 Å². The molecule has 1 spiro atoms. The van der Waals surface area contributed by atoms with Gasteiger partial charge in [0.15, 0.2) is 0 Å². The van der Waals surface area contributed by atoms with Crippen molar-refractivity contribution in [2.24, 2.45) is 5.41 Å². The van der Waals surface area contributed by atoms with E-state index in [2.05, 4.69) is 4.72 Å². The smallest absolute Gasteiger partial charge is 0.214 e. The van der Waals surface area contributed by atoms with Crippen molar-refractivity contribution in [2.45, 2.75) is 38.2 Å². The zero-order chi connectivity index (χ0) is 14.9. The van der Waals surface area contributed by atoms with Crippen molar-refractivity contribution >= 4 is 33.0 Å². The van der Waals surface area contributed by atoms with Gasteiger partial charge in [0.1, 0.15) is 0 Å². The highest BCUT2D eigenvalue weighted by atomic mass is 35.5. The minimum Gasteiger partial charge on any atom is -0.377 e. The van der Waals surface area contributed by atoms with E-state index in [1.165, 1.54) is 30.6 Å². The Balaban J connectivity index is 1.44. The molecule has 21 heavy (non-hydrogen) atoms. The molecule has 1 aromatic rings. The first-order valence-electron chi connectivity index (χ1n) is 7.30. The molecule has 0 aromatic carbocycles. The van der Waals surface area contributed by atoms with Crippen LogP contribution in [0.1, 0.15) is 30.6 Å². The van der Waals surface area contributed by atoms with Crippen molar-refractivity contribution < 1.29 is 13.2 Å². The molecule has 0 radical (unpaired) electrons. The van der Waals surface area contributed by atoms with Crippen molar-refractivity contribution in [3.63, 3.8) is 0 Å². The van der Waals surface area contributed by atoms with Crippen LogP contribution in [0.3, 0.4) is 0 Å². The normalized spacial score (nSPS) is 24.3. The molecule has 2 heterocycles. The Labute approximate surface area is 134 Å². The van der Waals surface area contributed by atoms with Crippen molar-refractivity contribution in [3.8, 4) is 0 Å². The number of thiophene rings is 1. The summed E-state index contributed by atoms with van der Waals surface area (Å²) in [6.45, 7) is 1.15. The topological polar surface area (TPSA) is 55.4 Å². The van der Waals surface area contributed by atoms with Crippen molar-refractivity contribution in [2.75, 3.05) is 18.9 Å². The molecule has 1 N–H and O–H groups in total. The van der Waals surface area contributed by atoms with Crippen LogP contribution >= 0.6 is 22.9 Å². The van der Waals surface area contributed by atoms with Crippen LogP contribution in [0.5, 0.6) is 0 Å². The van der Waals surface area contributed by atoms with Gasteiger partial charge in [-0.1, -0.05) is 18.0 Å². The monoisotopic (exact) mass is 349 g/mol. The summed E-state index contributed by atoms with van der Waals surface area (Å²) in [7, 11) is -3.27. The first-order valence-corrected chi connectivity index (χ1v) is 10.1. The molecule has 1 aromatic heterocycles. The van der Waals surface area contributed by atoms with Crippen molar-refractivity contribution in [1.82, 2.24) is 4.72 Å². The van der Waals surface area contributed by atoms with Gasteiger partial charge in [-0.25, -0.2) is 13.1 Å². The summed E-state index contributed by atoms with van der Waals surface area (Å²) in [5.74, 6) is 0.0833. The number of rotatable bonds is 6. The van der Waals surface area contributed by atoms with Crippen LogP contribution in [-0.2, 0) is 21.2 Å². The number of hydrogen-bond donors (Lipinski definition) is 1. The van der Waals surface area contributed by atoms with Gasteiger partial charge < -0.3 is 4.74 Å². The fourth-order valence-corrected chi connectivity index (χ4v) is 5.47. The lowest BCUT2D eigenvalue weighted by Crippen LogP contribution is -2.34. The van der Waals surface area contributed by atoms with Gasteiger partial charge >= 0.3 is 0 Å². The predicted octanol–water partition coefficient (Wildman–Crippen LogP) is 2.82. The van der Waals surface area contributed by atoms with Gasteiger partial charge in [-0.05, 0) is 43.2 Å². The van der Waals surface area contributed by atoms with Crippen LogP contribution < -0.4 is 4.72 Å². The average Bonchev–Trinajstić information content (AvgIpc) is 2.95. The Morgan fingerprint density at radius 1 is 1.43 bits per heavy atom. The van der Waals surface area contributed by atoms with Gasteiger partial charge in [-0.3, -0.25) is 0 Å². The van der Waals surface area contributed by atoms with E-state index in [-0.39, 0.29) is 11.9 Å². The van der Waals surface area contributed by atoms with Crippen molar-refractivity contribution in [3.05, 3.63) is 21.3 Å². The lowest BCUT2D eigenvalue weighted by molar-refractivity contribution is 0.0750. The fourth-order valence-electron chi connectivity index (χ4n) is 3.15. The molecule has 7 heteroatoms. The molecule has 1 saturated carbocycles. The van der Waals surface area contributed by atoms with Crippen LogP contribution in [0.15, 0.2) is 12.1 Å². The standard InChI is InChI=1S/C14H20ClNO3S2/c15-13-3-2-12(20-13)4-7-16-21(17,18)9-11-8-14(10-19-11)5-1-6-14/h2-3,11,16H,1,4-10H2. The van der Waals surface area contributed by atoms with E-state index in [0.29, 0.717) is 18.4 Å². The summed E-state index contributed by atoms with van der Waals surface area (Å²) in [6, 6.07) is 3.77. The Bertz CT molecular complexity index is 595. The molecule has 2 fully saturated rings. The third-order valence-corrected chi connectivity index (χ3v) is 7.17. The lowest BCUT2D eigenvalue weighted by atomic mass is 9.68. The molecule has 1 saturated heterocycles. The Kier molecular flexibility index (Phi) is 4.62. The minimum absolute atomic E-state index is 0.0833. The SMILES string of the molecule is O=S(=O)(CC1CC2(CCC2)CO1)NCCc1ccc(Cl)s1. The zero-order valence-corrected chi connectivity index (χ0v) is 14.2. The molecule has 0 amide bonds. The predicted molar refractivity (Wildman–Crippen MR) is 85.5 cm³/mol. The van der Waals surface area contributed by atoms with E-state index in [1.807, 2.05) is 12.1 Å². The van der Waals surface area contributed by atoms with E-state index in [9.17, 15) is 8.42 Å². The van der Waals surface area contributed by atoms with E-state index in [4.69, 9.17) is 16.3 Å². The maximum atomic E-state index is 12.1. The highest BCUT2D eigenvalue weighted by Crippen LogP contribution is 2.49. The van der Waals surface area contributed by atoms with E-state index < -0.39 is 10.0 Å². The van der Waals surface area contributed by atoms with Gasteiger partial charge in [0, 0.05) is 11.4 Å². The molecular formula is C14H20ClNO3S2. The van der Waals surface area contributed by atoms with Crippen LogP contribution in [-0.4, -0.2) is 33.4 Å². The van der Waals surface area contributed by atoms with Crippen LogP contribution in [0.2, 0.25) is 4.34 Å². The molecule has 3 rings (SSSR count). The van der Waals surface area contributed by atoms with Gasteiger partial charge in [0.2, 0.25) is 10.0 Å². The number of ether oxygens (including phenoxy) is 1. The Morgan fingerprint density at radius 3 is 2.81 bits per heavy atom. The van der Waals surface area contributed by atoms with Crippen LogP contribution in [0.4, 0.5) is 0 Å². The molecular weight excluding hydrogens is 330 g/mol. The average molecular weight is 350 g/mol. The van der Waals surface area contributed by atoms with Gasteiger partial charge in [0.05, 0.1) is 22.8 Å². The first-order chi connectivity index (χ1) is 9.96. The second-order valence-corrected chi connectivity index (χ2v) is 9.77. The third-order valence-electron chi connectivity index (χ3n) is 4.43. The lowest BCUT2D eigenvalue weighted by Gasteiger charge is -2.36. The quantitative estimate of drug-likeness (QED) is 0.859. The van der Waals surface area contributed by atoms with Gasteiger partial charge in [-0.15, -0.1) is 11.3 Å². The summed E-state index contributed by atoms with van der Waals surface area (Å²) < 4.78 is 33.2. The minimum atomic E-state index is -3.27. The molecule has 0 bridgehead atoms. The highest BCUT2D eigenvalue weighted by Gasteiger charge is 2.45. The van der Waals surface area contributed by atoms with Crippen molar-refractivity contribution in [1.29, 1.82) is 0 Å². The largest absolute Gasteiger partial charge is 0.377 e. The summed E-state index contributed by atoms with van der Waals surface area (Å²) in [5.41, 5.74) is 0.300. The first kappa shape index (κ1) is 15.7. The maximum Gasteiger partial charge on any atom is 0.214 e. The molecule has 1 atom stereocenters. The molecule has 1 aliphatic heterocycles. The molecule has 118 valence electrons. The summed E-state index contributed by atoms with van der Waals surface area (Å²) in [4.78, 5) is 1.09. The molecule has 1 unspecified atom stereocenters. The Morgan fingerprint density at radius 2 is 2.24 bits per heavy atom. The van der Waals surface area contributed by atoms with Gasteiger partial charge in [-0.2, -0.15) is 0 Å². The van der Waals surface area contributed by atoms with Crippen LogP contribution in [0.25, 0.3) is 0 Å². The number of sulfonamides is 1. The fraction of sp³-hybridized carbons (Fsp3) is 0.714. The molecule has 1 aliphatic carbocycles. The molecule has 4 nitrogen and oxygen atoms in total. The second kappa shape index (κ2) is 6.16. The van der Waals surface area contributed by atoms with Gasteiger partial charge in [0.25, 0.3) is 0 Å². The number of halogens is 1. The van der Waals surface area contributed by atoms with E-state index in [0.717, 1.165) is 22.2 Å². The highest BCUT2D eigenvalue weighted by molar-refractivity contribution is 7.89. The summed E-state index contributed by atoms with van der Waals surface area (Å²) in [5, 5.41) is 0. The maximum absolute atomic E-state index is 12.1. The third kappa shape index (κ3) is 3.99. The zero-order valence-electron chi connectivity index (χ0n) is 11.8.